The summed E-state index contributed by atoms with van der Waals surface area (Å²) in [6.45, 7) is 9.45. The smallest absolute Gasteiger partial charge is 0.224 e. The second-order valence-corrected chi connectivity index (χ2v) is 5.12. The van der Waals surface area contributed by atoms with Crippen LogP contribution in [-0.4, -0.2) is 22.1 Å². The van der Waals surface area contributed by atoms with E-state index in [4.69, 9.17) is 11.6 Å². The zero-order valence-corrected chi connectivity index (χ0v) is 12.4. The Balaban J connectivity index is 2.86. The molecule has 1 aromatic heterocycles. The molecule has 1 rings (SSSR count). The van der Waals surface area contributed by atoms with E-state index < -0.39 is 0 Å². The largest absolute Gasteiger partial charge is 0.364 e. The summed E-state index contributed by atoms with van der Waals surface area (Å²) in [4.78, 5) is 8.59. The van der Waals surface area contributed by atoms with E-state index in [1.165, 1.54) is 0 Å². The number of anilines is 2. The van der Waals surface area contributed by atoms with E-state index in [9.17, 15) is 0 Å². The Kier molecular flexibility index (Phi) is 5.66. The predicted octanol–water partition coefficient (Wildman–Crippen LogP) is 3.94. The third-order valence-corrected chi connectivity index (χ3v) is 3.53. The van der Waals surface area contributed by atoms with Crippen molar-refractivity contribution in [1.82, 2.24) is 9.97 Å². The standard InChI is InChI=1S/C13H23ClN4/c1-5-8-15-12-16-9-10(14)11(17-12)18-13(4,6-2)7-3/h9H,5-8H2,1-4H3,(H2,15,16,17,18). The first-order chi connectivity index (χ1) is 8.54. The molecule has 2 N–H and O–H groups in total. The molecule has 0 unspecified atom stereocenters. The van der Waals surface area contributed by atoms with Gasteiger partial charge < -0.3 is 10.6 Å². The van der Waals surface area contributed by atoms with Gasteiger partial charge in [-0.15, -0.1) is 0 Å². The normalized spacial score (nSPS) is 11.4. The molecular formula is C13H23ClN4. The van der Waals surface area contributed by atoms with Crippen LogP contribution in [0.1, 0.15) is 47.0 Å². The molecular weight excluding hydrogens is 248 g/mol. The number of aromatic nitrogens is 2. The molecule has 5 heteroatoms. The average Bonchev–Trinajstić information content (AvgIpc) is 2.39. The third kappa shape index (κ3) is 4.02. The van der Waals surface area contributed by atoms with E-state index in [-0.39, 0.29) is 5.54 Å². The van der Waals surface area contributed by atoms with Gasteiger partial charge in [-0.2, -0.15) is 4.98 Å². The maximum atomic E-state index is 6.13. The summed E-state index contributed by atoms with van der Waals surface area (Å²) in [5.41, 5.74) is 0.0139. The molecule has 0 fully saturated rings. The van der Waals surface area contributed by atoms with Crippen molar-refractivity contribution >= 4 is 23.4 Å². The van der Waals surface area contributed by atoms with Crippen LogP contribution >= 0.6 is 11.6 Å². The Hall–Kier alpha value is -1.03. The maximum Gasteiger partial charge on any atom is 0.224 e. The molecule has 0 aliphatic rings. The lowest BCUT2D eigenvalue weighted by Crippen LogP contribution is -2.33. The van der Waals surface area contributed by atoms with Crippen molar-refractivity contribution in [2.24, 2.45) is 0 Å². The van der Waals surface area contributed by atoms with Crippen molar-refractivity contribution in [1.29, 1.82) is 0 Å². The summed E-state index contributed by atoms with van der Waals surface area (Å²) in [7, 11) is 0. The fourth-order valence-electron chi connectivity index (χ4n) is 1.49. The van der Waals surface area contributed by atoms with Crippen LogP contribution in [0.5, 0.6) is 0 Å². The van der Waals surface area contributed by atoms with Gasteiger partial charge in [-0.1, -0.05) is 32.4 Å². The van der Waals surface area contributed by atoms with Crippen LogP contribution in [-0.2, 0) is 0 Å². The second-order valence-electron chi connectivity index (χ2n) is 4.71. The first-order valence-corrected chi connectivity index (χ1v) is 6.97. The molecule has 0 aromatic carbocycles. The fraction of sp³-hybridized carbons (Fsp3) is 0.692. The van der Waals surface area contributed by atoms with Crippen LogP contribution in [0.25, 0.3) is 0 Å². The Morgan fingerprint density at radius 3 is 2.50 bits per heavy atom. The van der Waals surface area contributed by atoms with E-state index in [1.54, 1.807) is 6.20 Å². The Morgan fingerprint density at radius 2 is 1.94 bits per heavy atom. The summed E-state index contributed by atoms with van der Waals surface area (Å²) >= 11 is 6.13. The Morgan fingerprint density at radius 1 is 1.28 bits per heavy atom. The number of hydrogen-bond donors (Lipinski definition) is 2. The molecule has 0 atom stereocenters. The molecule has 0 amide bonds. The van der Waals surface area contributed by atoms with Gasteiger partial charge in [0.15, 0.2) is 5.82 Å². The van der Waals surface area contributed by atoms with Crippen LogP contribution in [0.15, 0.2) is 6.20 Å². The first kappa shape index (κ1) is 15.0. The molecule has 0 bridgehead atoms. The van der Waals surface area contributed by atoms with Gasteiger partial charge in [-0.25, -0.2) is 4.98 Å². The van der Waals surface area contributed by atoms with Crippen molar-refractivity contribution in [3.63, 3.8) is 0 Å². The van der Waals surface area contributed by atoms with Crippen molar-refractivity contribution in [2.75, 3.05) is 17.2 Å². The third-order valence-electron chi connectivity index (χ3n) is 3.26. The summed E-state index contributed by atoms with van der Waals surface area (Å²) in [6.07, 6.45) is 4.71. The summed E-state index contributed by atoms with van der Waals surface area (Å²) in [6, 6.07) is 0. The maximum absolute atomic E-state index is 6.13. The van der Waals surface area contributed by atoms with Gasteiger partial charge in [0.05, 0.1) is 6.20 Å². The van der Waals surface area contributed by atoms with Gasteiger partial charge in [0.25, 0.3) is 0 Å². The van der Waals surface area contributed by atoms with Gasteiger partial charge >= 0.3 is 0 Å². The highest BCUT2D eigenvalue weighted by Gasteiger charge is 2.21. The molecule has 0 aliphatic heterocycles. The lowest BCUT2D eigenvalue weighted by Gasteiger charge is -2.29. The highest BCUT2D eigenvalue weighted by atomic mass is 35.5. The zero-order chi connectivity index (χ0) is 13.6. The number of nitrogens with zero attached hydrogens (tertiary/aromatic N) is 2. The SMILES string of the molecule is CCCNc1ncc(Cl)c(NC(C)(CC)CC)n1. The van der Waals surface area contributed by atoms with E-state index in [1.807, 2.05) is 0 Å². The molecule has 0 aliphatic carbocycles. The van der Waals surface area contributed by atoms with Crippen LogP contribution < -0.4 is 10.6 Å². The van der Waals surface area contributed by atoms with Gasteiger partial charge in [0, 0.05) is 12.1 Å². The molecule has 0 saturated heterocycles. The van der Waals surface area contributed by atoms with Crippen molar-refractivity contribution in [3.05, 3.63) is 11.2 Å². The number of nitrogens with one attached hydrogen (secondary N) is 2. The zero-order valence-electron chi connectivity index (χ0n) is 11.7. The molecule has 0 saturated carbocycles. The predicted molar refractivity (Wildman–Crippen MR) is 78.4 cm³/mol. The summed E-state index contributed by atoms with van der Waals surface area (Å²) in [5, 5.41) is 7.14. The van der Waals surface area contributed by atoms with Gasteiger partial charge in [0.2, 0.25) is 5.95 Å². The van der Waals surface area contributed by atoms with Crippen molar-refractivity contribution in [3.8, 4) is 0 Å². The number of halogens is 1. The molecule has 4 nitrogen and oxygen atoms in total. The van der Waals surface area contributed by atoms with Crippen molar-refractivity contribution in [2.45, 2.75) is 52.5 Å². The van der Waals surface area contributed by atoms with Crippen LogP contribution in [0.4, 0.5) is 11.8 Å². The minimum absolute atomic E-state index is 0.0139. The van der Waals surface area contributed by atoms with Crippen molar-refractivity contribution < 1.29 is 0 Å². The minimum atomic E-state index is 0.0139. The molecule has 1 aromatic rings. The lowest BCUT2D eigenvalue weighted by molar-refractivity contribution is 0.477. The van der Waals surface area contributed by atoms with E-state index in [2.05, 4.69) is 48.3 Å². The molecule has 1 heterocycles. The monoisotopic (exact) mass is 270 g/mol. The highest BCUT2D eigenvalue weighted by molar-refractivity contribution is 6.32. The van der Waals surface area contributed by atoms with Gasteiger partial charge in [0.1, 0.15) is 5.02 Å². The first-order valence-electron chi connectivity index (χ1n) is 6.59. The topological polar surface area (TPSA) is 49.8 Å². The number of rotatable bonds is 7. The molecule has 18 heavy (non-hydrogen) atoms. The van der Waals surface area contributed by atoms with Gasteiger partial charge in [-0.3, -0.25) is 0 Å². The van der Waals surface area contributed by atoms with E-state index >= 15 is 0 Å². The Bertz CT molecular complexity index is 377. The number of hydrogen-bond acceptors (Lipinski definition) is 4. The quantitative estimate of drug-likeness (QED) is 0.788. The highest BCUT2D eigenvalue weighted by Crippen LogP contribution is 2.26. The Labute approximate surface area is 115 Å². The molecule has 102 valence electrons. The summed E-state index contributed by atoms with van der Waals surface area (Å²) < 4.78 is 0. The second kappa shape index (κ2) is 6.78. The summed E-state index contributed by atoms with van der Waals surface area (Å²) in [5.74, 6) is 1.33. The van der Waals surface area contributed by atoms with Gasteiger partial charge in [-0.05, 0) is 26.2 Å². The average molecular weight is 271 g/mol. The minimum Gasteiger partial charge on any atom is -0.364 e. The van der Waals surface area contributed by atoms with Crippen LogP contribution in [0.3, 0.4) is 0 Å². The molecule has 0 radical (unpaired) electrons. The molecule has 0 spiro atoms. The van der Waals surface area contributed by atoms with E-state index in [0.29, 0.717) is 16.8 Å². The lowest BCUT2D eigenvalue weighted by atomic mass is 9.96. The fourth-order valence-corrected chi connectivity index (χ4v) is 1.63. The van der Waals surface area contributed by atoms with Crippen LogP contribution in [0, 0.1) is 0 Å². The van der Waals surface area contributed by atoms with E-state index in [0.717, 1.165) is 25.8 Å². The van der Waals surface area contributed by atoms with Crippen LogP contribution in [0.2, 0.25) is 5.02 Å².